The molecule has 0 aliphatic carbocycles. The number of ketones is 1. The van der Waals surface area contributed by atoms with E-state index in [4.69, 9.17) is 4.74 Å². The van der Waals surface area contributed by atoms with Crippen molar-refractivity contribution in [3.05, 3.63) is 29.3 Å². The quantitative estimate of drug-likeness (QED) is 0.612. The topological polar surface area (TPSA) is 46.6 Å². The lowest BCUT2D eigenvalue weighted by molar-refractivity contribution is -0.143. The molecular weight excluding hydrogens is 254 g/mol. The molecule has 1 aliphatic rings. The third kappa shape index (κ3) is 3.38. The molecule has 108 valence electrons. The highest BCUT2D eigenvalue weighted by atomic mass is 16.5. The molecular formula is C16H21NO3. The van der Waals surface area contributed by atoms with Gasteiger partial charge in [0, 0.05) is 31.3 Å². The minimum absolute atomic E-state index is 0.00841. The molecule has 0 amide bonds. The van der Waals surface area contributed by atoms with E-state index in [1.165, 1.54) is 11.3 Å². The Morgan fingerprint density at radius 1 is 1.30 bits per heavy atom. The van der Waals surface area contributed by atoms with Crippen molar-refractivity contribution in [3.63, 3.8) is 0 Å². The SMILES string of the molecule is CCOC(=O)CCC(=O)c1ccc2c(c1)CCCN2C. The van der Waals surface area contributed by atoms with Crippen LogP contribution in [0.3, 0.4) is 0 Å². The summed E-state index contributed by atoms with van der Waals surface area (Å²) < 4.78 is 4.83. The van der Waals surface area contributed by atoms with Crippen LogP contribution in [-0.2, 0) is 16.0 Å². The van der Waals surface area contributed by atoms with Crippen molar-refractivity contribution in [1.29, 1.82) is 0 Å². The number of carbonyl (C=O) groups is 2. The summed E-state index contributed by atoms with van der Waals surface area (Å²) in [6.45, 7) is 3.18. The Labute approximate surface area is 119 Å². The second kappa shape index (κ2) is 6.55. The minimum atomic E-state index is -0.307. The lowest BCUT2D eigenvalue weighted by Crippen LogP contribution is -2.24. The molecule has 1 aromatic rings. The van der Waals surface area contributed by atoms with Crippen LogP contribution in [0, 0.1) is 0 Å². The largest absolute Gasteiger partial charge is 0.466 e. The zero-order valence-electron chi connectivity index (χ0n) is 12.1. The lowest BCUT2D eigenvalue weighted by atomic mass is 9.97. The smallest absolute Gasteiger partial charge is 0.306 e. The van der Waals surface area contributed by atoms with Gasteiger partial charge in [-0.1, -0.05) is 0 Å². The van der Waals surface area contributed by atoms with Crippen LogP contribution in [0.25, 0.3) is 0 Å². The molecule has 4 nitrogen and oxygen atoms in total. The fourth-order valence-electron chi connectivity index (χ4n) is 2.55. The van der Waals surface area contributed by atoms with Gasteiger partial charge in [0.2, 0.25) is 0 Å². The minimum Gasteiger partial charge on any atom is -0.466 e. The fraction of sp³-hybridized carbons (Fsp3) is 0.500. The van der Waals surface area contributed by atoms with Crippen LogP contribution in [-0.4, -0.2) is 32.0 Å². The average Bonchev–Trinajstić information content (AvgIpc) is 2.45. The summed E-state index contributed by atoms with van der Waals surface area (Å²) in [5, 5.41) is 0. The number of nitrogens with zero attached hydrogens (tertiary/aromatic N) is 1. The van der Waals surface area contributed by atoms with Crippen molar-refractivity contribution in [1.82, 2.24) is 0 Å². The molecule has 1 aliphatic heterocycles. The fourth-order valence-corrected chi connectivity index (χ4v) is 2.55. The summed E-state index contributed by atoms with van der Waals surface area (Å²) in [5.74, 6) is -0.298. The summed E-state index contributed by atoms with van der Waals surface area (Å²) >= 11 is 0. The molecule has 0 atom stereocenters. The predicted molar refractivity (Wildman–Crippen MR) is 78.2 cm³/mol. The van der Waals surface area contributed by atoms with Gasteiger partial charge in [-0.2, -0.15) is 0 Å². The van der Waals surface area contributed by atoms with Gasteiger partial charge >= 0.3 is 5.97 Å². The maximum absolute atomic E-state index is 12.1. The van der Waals surface area contributed by atoms with Gasteiger partial charge in [-0.05, 0) is 43.5 Å². The third-order valence-electron chi connectivity index (χ3n) is 3.61. The summed E-state index contributed by atoms with van der Waals surface area (Å²) in [6, 6.07) is 5.83. The maximum atomic E-state index is 12.1. The molecule has 0 radical (unpaired) electrons. The van der Waals surface area contributed by atoms with E-state index in [0.717, 1.165) is 19.4 Å². The Hall–Kier alpha value is -1.84. The summed E-state index contributed by atoms with van der Waals surface area (Å²) in [5.41, 5.74) is 3.13. The van der Waals surface area contributed by atoms with Crippen LogP contribution in [0.1, 0.15) is 42.1 Å². The molecule has 1 heterocycles. The number of ether oxygens (including phenoxy) is 1. The van der Waals surface area contributed by atoms with Gasteiger partial charge in [0.1, 0.15) is 0 Å². The number of carbonyl (C=O) groups excluding carboxylic acids is 2. The van der Waals surface area contributed by atoms with E-state index in [9.17, 15) is 9.59 Å². The van der Waals surface area contributed by atoms with Gasteiger partial charge in [0.25, 0.3) is 0 Å². The number of rotatable bonds is 5. The Balaban J connectivity index is 2.02. The van der Waals surface area contributed by atoms with Gasteiger partial charge in [-0.25, -0.2) is 0 Å². The molecule has 0 saturated heterocycles. The lowest BCUT2D eigenvalue weighted by Gasteiger charge is -2.27. The van der Waals surface area contributed by atoms with Crippen molar-refractivity contribution in [2.45, 2.75) is 32.6 Å². The van der Waals surface area contributed by atoms with Crippen LogP contribution in [0.5, 0.6) is 0 Å². The van der Waals surface area contributed by atoms with Crippen LogP contribution in [0.2, 0.25) is 0 Å². The molecule has 4 heteroatoms. The van der Waals surface area contributed by atoms with Gasteiger partial charge < -0.3 is 9.64 Å². The van der Waals surface area contributed by atoms with Crippen LogP contribution < -0.4 is 4.90 Å². The monoisotopic (exact) mass is 275 g/mol. The van der Waals surface area contributed by atoms with Crippen molar-refractivity contribution >= 4 is 17.4 Å². The number of fused-ring (bicyclic) bond motifs is 1. The molecule has 2 rings (SSSR count). The zero-order chi connectivity index (χ0) is 14.5. The molecule has 0 N–H and O–H groups in total. The number of hydrogen-bond acceptors (Lipinski definition) is 4. The van der Waals surface area contributed by atoms with E-state index in [-0.39, 0.29) is 24.6 Å². The first-order valence-electron chi connectivity index (χ1n) is 7.14. The van der Waals surface area contributed by atoms with E-state index in [1.807, 2.05) is 18.2 Å². The second-order valence-corrected chi connectivity index (χ2v) is 5.10. The number of anilines is 1. The standard InChI is InChI=1S/C16H21NO3/c1-3-20-16(19)9-8-15(18)13-6-7-14-12(11-13)5-4-10-17(14)2/h6-7,11H,3-5,8-10H2,1-2H3. The molecule has 1 aromatic carbocycles. The van der Waals surface area contributed by atoms with Crippen molar-refractivity contribution in [3.8, 4) is 0 Å². The van der Waals surface area contributed by atoms with E-state index in [1.54, 1.807) is 6.92 Å². The van der Waals surface area contributed by atoms with Crippen LogP contribution >= 0.6 is 0 Å². The van der Waals surface area contributed by atoms with Gasteiger partial charge in [0.05, 0.1) is 13.0 Å². The molecule has 0 aromatic heterocycles. The van der Waals surface area contributed by atoms with Crippen LogP contribution in [0.4, 0.5) is 5.69 Å². The molecule has 20 heavy (non-hydrogen) atoms. The van der Waals surface area contributed by atoms with Crippen molar-refractivity contribution in [2.75, 3.05) is 25.1 Å². The van der Waals surface area contributed by atoms with Gasteiger partial charge in [-0.3, -0.25) is 9.59 Å². The van der Waals surface area contributed by atoms with E-state index < -0.39 is 0 Å². The first-order chi connectivity index (χ1) is 9.61. The highest BCUT2D eigenvalue weighted by Gasteiger charge is 2.16. The Bertz CT molecular complexity index is 510. The highest BCUT2D eigenvalue weighted by Crippen LogP contribution is 2.27. The molecule has 0 unspecified atom stereocenters. The van der Waals surface area contributed by atoms with Gasteiger partial charge in [0.15, 0.2) is 5.78 Å². The Morgan fingerprint density at radius 2 is 2.10 bits per heavy atom. The number of esters is 1. The normalized spacial score (nSPS) is 13.8. The Kier molecular flexibility index (Phi) is 4.77. The Morgan fingerprint density at radius 3 is 2.85 bits per heavy atom. The number of aryl methyl sites for hydroxylation is 1. The van der Waals surface area contributed by atoms with E-state index >= 15 is 0 Å². The highest BCUT2D eigenvalue weighted by molar-refractivity contribution is 5.98. The number of Topliss-reactive ketones (excluding diaryl/α,β-unsaturated/α-hetero) is 1. The summed E-state index contributed by atoms with van der Waals surface area (Å²) in [7, 11) is 2.07. The second-order valence-electron chi connectivity index (χ2n) is 5.10. The third-order valence-corrected chi connectivity index (χ3v) is 3.61. The van der Waals surface area contributed by atoms with Crippen molar-refractivity contribution < 1.29 is 14.3 Å². The number of hydrogen-bond donors (Lipinski definition) is 0. The number of benzene rings is 1. The predicted octanol–water partition coefficient (Wildman–Crippen LogP) is 2.60. The molecule has 0 saturated carbocycles. The first kappa shape index (κ1) is 14.6. The van der Waals surface area contributed by atoms with E-state index in [0.29, 0.717) is 12.2 Å². The summed E-state index contributed by atoms with van der Waals surface area (Å²) in [6.07, 6.45) is 2.50. The zero-order valence-corrected chi connectivity index (χ0v) is 12.1. The van der Waals surface area contributed by atoms with Gasteiger partial charge in [-0.15, -0.1) is 0 Å². The molecule has 0 spiro atoms. The van der Waals surface area contributed by atoms with Crippen molar-refractivity contribution in [2.24, 2.45) is 0 Å². The maximum Gasteiger partial charge on any atom is 0.306 e. The summed E-state index contributed by atoms with van der Waals surface area (Å²) in [4.78, 5) is 25.6. The molecule has 0 bridgehead atoms. The molecule has 0 fully saturated rings. The first-order valence-corrected chi connectivity index (χ1v) is 7.14. The van der Waals surface area contributed by atoms with Crippen LogP contribution in [0.15, 0.2) is 18.2 Å². The average molecular weight is 275 g/mol. The van der Waals surface area contributed by atoms with E-state index in [2.05, 4.69) is 11.9 Å².